The predicted molar refractivity (Wildman–Crippen MR) is 29.1 cm³/mol. The third-order valence-electron chi connectivity index (χ3n) is 0.433. The van der Waals surface area contributed by atoms with Gasteiger partial charge in [-0.3, -0.25) is 0 Å². The monoisotopic (exact) mass is 109 g/mol. The maximum Gasteiger partial charge on any atom is 1.00 e. The van der Waals surface area contributed by atoms with Crippen molar-refractivity contribution in [2.75, 3.05) is 0 Å². The molecule has 0 aliphatic carbocycles. The Balaban J connectivity index is -0.000000125. The molecule has 0 saturated carbocycles. The van der Waals surface area contributed by atoms with Gasteiger partial charge in [0.2, 0.25) is 0 Å². The predicted octanol–water partition coefficient (Wildman–Crippen LogP) is -2.27. The fraction of sp³-hybridized carbons (Fsp3) is 1.00. The van der Waals surface area contributed by atoms with E-state index in [-0.39, 0.29) is 25.9 Å². The van der Waals surface area contributed by atoms with Crippen molar-refractivity contribution >= 4 is 16.6 Å². The molecule has 0 fully saturated rings. The van der Waals surface area contributed by atoms with Gasteiger partial charge in [0, 0.05) is 5.60 Å². The van der Waals surface area contributed by atoms with E-state index < -0.39 is 0 Å². The maximum absolute atomic E-state index is 4.97. The molecule has 0 heterocycles. The fourth-order valence-electron chi connectivity index (χ4n) is 0. The van der Waals surface area contributed by atoms with Crippen LogP contribution < -0.4 is 18.9 Å². The molecule has 0 bridgehead atoms. The van der Waals surface area contributed by atoms with Crippen LogP contribution in [0.1, 0.15) is 22.2 Å². The third-order valence-corrected chi connectivity index (χ3v) is 1.30. The molecule has 37 valence electrons. The second-order valence-corrected chi connectivity index (χ2v) is 2.55. The zero-order valence-electron chi connectivity index (χ0n) is 6.62. The molecule has 0 rings (SSSR count). The van der Waals surface area contributed by atoms with Crippen molar-refractivity contribution in [2.45, 2.75) is 26.4 Å². The van der Waals surface area contributed by atoms with Crippen LogP contribution in [0, 0.1) is 0 Å². The van der Waals surface area contributed by atoms with Gasteiger partial charge in [-0.15, -0.1) is 0 Å². The van der Waals surface area contributed by atoms with Crippen LogP contribution in [0.2, 0.25) is 0 Å². The van der Waals surface area contributed by atoms with Gasteiger partial charge < -0.3 is 5.22 Å². The molecule has 3 heteroatoms. The summed E-state index contributed by atoms with van der Waals surface area (Å²) in [7, 11) is 0. The maximum atomic E-state index is 4.97. The molecule has 0 aliphatic rings. The van der Waals surface area contributed by atoms with Crippen LogP contribution in [0.4, 0.5) is 0 Å². The van der Waals surface area contributed by atoms with Gasteiger partial charge in [-0.1, -0.05) is 0 Å². The quantitative estimate of drug-likeness (QED) is 0.319. The van der Waals surface area contributed by atoms with E-state index in [1.165, 1.54) is 16.6 Å². The molecule has 0 spiro atoms. The first-order valence-electron chi connectivity index (χ1n) is 1.99. The first-order valence-corrected chi connectivity index (χ1v) is 2.57. The molecule has 0 amide bonds. The molecule has 0 saturated heterocycles. The summed E-state index contributed by atoms with van der Waals surface area (Å²) in [6.07, 6.45) is 0. The average Bonchev–Trinajstić information content (AvgIpc) is 1.35. The normalized spacial score (nSPS) is 10.1. The Morgan fingerprint density at radius 3 is 1.57 bits per heavy atom. The molecular weight excluding hydrogens is 98.0 g/mol. The van der Waals surface area contributed by atoms with Crippen molar-refractivity contribution in [3.05, 3.63) is 0 Å². The molecule has 0 unspecified atom stereocenters. The summed E-state index contributed by atoms with van der Waals surface area (Å²) in [4.78, 5) is 0. The standard InChI is InChI=1S/C4H9O.Al.Li.2H/c1-4(2,3)5;;;;/h1-3H3;;;;/q-1;2*+1;;-1. The summed E-state index contributed by atoms with van der Waals surface area (Å²) in [5.74, 6) is 0. The van der Waals surface area contributed by atoms with E-state index in [0.29, 0.717) is 0 Å². The van der Waals surface area contributed by atoms with Gasteiger partial charge in [-0.25, -0.2) is 0 Å². The molecule has 0 aliphatic heterocycles. The van der Waals surface area contributed by atoms with Crippen LogP contribution in [0.15, 0.2) is 0 Å². The van der Waals surface area contributed by atoms with Crippen LogP contribution in [0.3, 0.4) is 0 Å². The molecular formula is C4H11AlLiO. The molecule has 0 N–H and O–H groups in total. The van der Waals surface area contributed by atoms with E-state index in [2.05, 4.69) is 0 Å². The minimum atomic E-state index is 0. The first-order chi connectivity index (χ1) is 2.56. The Labute approximate surface area is 67.2 Å². The zero-order chi connectivity index (χ0) is 5.21. The molecule has 7 heavy (non-hydrogen) atoms. The Bertz CT molecular complexity index is 45.8. The van der Waals surface area contributed by atoms with Crippen molar-refractivity contribution < 1.29 is 24.1 Å². The Kier molecular flexibility index (Phi) is 6.29. The van der Waals surface area contributed by atoms with E-state index in [1.807, 2.05) is 20.8 Å². The zero-order valence-corrected chi connectivity index (χ0v) is 7.03. The van der Waals surface area contributed by atoms with Gasteiger partial charge in [-0.2, -0.15) is 0 Å². The molecule has 0 atom stereocenters. The van der Waals surface area contributed by atoms with Gasteiger partial charge >= 0.3 is 35.5 Å². The molecule has 0 aromatic rings. The van der Waals surface area contributed by atoms with Crippen LogP contribution in [-0.4, -0.2) is 22.2 Å². The molecule has 1 nitrogen and oxygen atoms in total. The minimum absolute atomic E-state index is 0. The SMILES string of the molecule is CC(C)(C)[O][AlH].[H-].[Li+]. The summed E-state index contributed by atoms with van der Waals surface area (Å²) in [5, 5.41) is 0. The molecule has 1 radical (unpaired) electrons. The van der Waals surface area contributed by atoms with E-state index in [0.717, 1.165) is 0 Å². The van der Waals surface area contributed by atoms with Crippen molar-refractivity contribution in [3.8, 4) is 0 Å². The summed E-state index contributed by atoms with van der Waals surface area (Å²) in [6, 6.07) is 0. The first kappa shape index (κ1) is 11.0. The van der Waals surface area contributed by atoms with Gasteiger partial charge in [0.05, 0.1) is 0 Å². The van der Waals surface area contributed by atoms with Gasteiger partial charge in [-0.05, 0) is 20.8 Å². The second-order valence-electron chi connectivity index (χ2n) is 2.26. The van der Waals surface area contributed by atoms with Gasteiger partial charge in [0.25, 0.3) is 0 Å². The van der Waals surface area contributed by atoms with Crippen LogP contribution in [0.25, 0.3) is 0 Å². The number of rotatable bonds is 0. The van der Waals surface area contributed by atoms with Crippen molar-refractivity contribution in [1.82, 2.24) is 0 Å². The van der Waals surface area contributed by atoms with Crippen LogP contribution in [-0.2, 0) is 3.79 Å². The van der Waals surface area contributed by atoms with Crippen molar-refractivity contribution in [3.63, 3.8) is 0 Å². The van der Waals surface area contributed by atoms with E-state index in [9.17, 15) is 0 Å². The van der Waals surface area contributed by atoms with Crippen molar-refractivity contribution in [1.29, 1.82) is 0 Å². The second kappa shape index (κ2) is 4.02. The summed E-state index contributed by atoms with van der Waals surface area (Å²) in [6.45, 7) is 6.08. The average molecular weight is 109 g/mol. The van der Waals surface area contributed by atoms with E-state index in [1.54, 1.807) is 0 Å². The Morgan fingerprint density at radius 2 is 1.57 bits per heavy atom. The molecule has 0 aromatic carbocycles. The topological polar surface area (TPSA) is 9.23 Å². The summed E-state index contributed by atoms with van der Waals surface area (Å²) in [5.41, 5.74) is 0.0540. The summed E-state index contributed by atoms with van der Waals surface area (Å²) < 4.78 is 4.97. The largest absolute Gasteiger partial charge is 1.00 e. The number of hydrogen-bond donors (Lipinski definition) is 0. The van der Waals surface area contributed by atoms with Crippen LogP contribution >= 0.6 is 0 Å². The smallest absolute Gasteiger partial charge is 1.00 e. The van der Waals surface area contributed by atoms with E-state index >= 15 is 0 Å². The van der Waals surface area contributed by atoms with Crippen molar-refractivity contribution in [2.24, 2.45) is 0 Å². The fourth-order valence-corrected chi connectivity index (χ4v) is 0. The molecule has 0 aromatic heterocycles. The summed E-state index contributed by atoms with van der Waals surface area (Å²) >= 11 is 1.54. The Hall–Kier alpha value is 1.09. The van der Waals surface area contributed by atoms with Crippen LogP contribution in [0.5, 0.6) is 0 Å². The van der Waals surface area contributed by atoms with E-state index in [4.69, 9.17) is 3.79 Å². The van der Waals surface area contributed by atoms with Gasteiger partial charge in [0.1, 0.15) is 0 Å². The third kappa shape index (κ3) is 11.0. The number of hydrogen-bond acceptors (Lipinski definition) is 1. The van der Waals surface area contributed by atoms with Gasteiger partial charge in [0.15, 0.2) is 0 Å². The Morgan fingerprint density at radius 1 is 1.43 bits per heavy atom. The minimum Gasteiger partial charge on any atom is -1.00 e.